The van der Waals surface area contributed by atoms with Crippen molar-refractivity contribution in [2.24, 2.45) is 7.05 Å². The minimum absolute atomic E-state index is 0.0219. The molecule has 0 bridgehead atoms. The van der Waals surface area contributed by atoms with Crippen LogP contribution in [0, 0.1) is 0 Å². The third-order valence-electron chi connectivity index (χ3n) is 4.36. The van der Waals surface area contributed by atoms with Crippen LogP contribution in [0.2, 0.25) is 0 Å². The normalized spacial score (nSPS) is 12.7. The molecule has 1 unspecified atom stereocenters. The Morgan fingerprint density at radius 1 is 1.18 bits per heavy atom. The number of aliphatic hydroxyl groups is 1. The minimum atomic E-state index is -3.81. The Labute approximate surface area is 162 Å². The molecule has 0 aliphatic carbocycles. The number of fused-ring (bicyclic) bond motifs is 1. The fourth-order valence-corrected chi connectivity index (χ4v) is 3.82. The Balaban J connectivity index is 1.67. The first-order chi connectivity index (χ1) is 13.3. The molecule has 0 spiro atoms. The van der Waals surface area contributed by atoms with Gasteiger partial charge in [-0.1, -0.05) is 6.07 Å². The fourth-order valence-electron chi connectivity index (χ4n) is 2.78. The van der Waals surface area contributed by atoms with Crippen LogP contribution in [0.3, 0.4) is 0 Å². The summed E-state index contributed by atoms with van der Waals surface area (Å²) in [6.45, 7) is -0.164. The van der Waals surface area contributed by atoms with Gasteiger partial charge >= 0.3 is 6.09 Å². The molecule has 1 aromatic heterocycles. The second-order valence-electron chi connectivity index (χ2n) is 6.25. The number of carbonyl (C=O) groups is 1. The minimum Gasteiger partial charge on any atom is -0.453 e. The first-order valence-electron chi connectivity index (χ1n) is 8.48. The molecular formula is C19H21N3O5S. The lowest BCUT2D eigenvalue weighted by molar-refractivity contribution is 0.182. The number of hydrogen-bond acceptors (Lipinski definition) is 5. The highest BCUT2D eigenvalue weighted by molar-refractivity contribution is 7.89. The standard InChI is InChI=1S/C19H21N3O5S/c1-22-10-9-13-11-14(3-8-17(13)22)18(23)12-20-28(25,26)16-6-4-15(5-7-16)21-19(24)27-2/h3-11,18,20,23H,12H2,1-2H3,(H,21,24). The zero-order valence-electron chi connectivity index (χ0n) is 15.4. The molecule has 9 heteroatoms. The number of methoxy groups -OCH3 is 1. The molecule has 1 amide bonds. The second kappa shape index (κ2) is 8.01. The Morgan fingerprint density at radius 2 is 1.89 bits per heavy atom. The highest BCUT2D eigenvalue weighted by Gasteiger charge is 2.17. The van der Waals surface area contributed by atoms with Crippen LogP contribution in [0.5, 0.6) is 0 Å². The Bertz CT molecular complexity index is 1090. The number of benzene rings is 2. The zero-order valence-corrected chi connectivity index (χ0v) is 16.2. The summed E-state index contributed by atoms with van der Waals surface area (Å²) in [4.78, 5) is 11.2. The zero-order chi connectivity index (χ0) is 20.3. The molecule has 0 saturated carbocycles. The first kappa shape index (κ1) is 19.9. The molecule has 3 N–H and O–H groups in total. The van der Waals surface area contributed by atoms with Crippen molar-refractivity contribution in [3.8, 4) is 0 Å². The van der Waals surface area contributed by atoms with E-state index in [-0.39, 0.29) is 11.4 Å². The highest BCUT2D eigenvalue weighted by Crippen LogP contribution is 2.21. The molecule has 1 atom stereocenters. The van der Waals surface area contributed by atoms with Crippen molar-refractivity contribution in [1.29, 1.82) is 0 Å². The second-order valence-corrected chi connectivity index (χ2v) is 8.02. The number of sulfonamides is 1. The molecule has 148 valence electrons. The average molecular weight is 403 g/mol. The van der Waals surface area contributed by atoms with E-state index in [2.05, 4.69) is 14.8 Å². The molecular weight excluding hydrogens is 382 g/mol. The summed E-state index contributed by atoms with van der Waals surface area (Å²) in [5.41, 5.74) is 2.05. The molecule has 8 nitrogen and oxygen atoms in total. The van der Waals surface area contributed by atoms with Gasteiger partial charge in [-0.15, -0.1) is 0 Å². The van der Waals surface area contributed by atoms with Crippen LogP contribution < -0.4 is 10.0 Å². The molecule has 0 fully saturated rings. The van der Waals surface area contributed by atoms with Gasteiger partial charge in [0.2, 0.25) is 10.0 Å². The lowest BCUT2D eigenvalue weighted by atomic mass is 10.1. The number of aliphatic hydroxyl groups excluding tert-OH is 1. The van der Waals surface area contributed by atoms with E-state index in [1.54, 1.807) is 6.07 Å². The first-order valence-corrected chi connectivity index (χ1v) is 9.96. The molecule has 0 aliphatic heterocycles. The molecule has 1 heterocycles. The summed E-state index contributed by atoms with van der Waals surface area (Å²) < 4.78 is 33.7. The van der Waals surface area contributed by atoms with Crippen LogP contribution in [0.1, 0.15) is 11.7 Å². The quantitative estimate of drug-likeness (QED) is 0.585. The largest absolute Gasteiger partial charge is 0.453 e. The number of ether oxygens (including phenoxy) is 1. The van der Waals surface area contributed by atoms with Gasteiger partial charge in [-0.25, -0.2) is 17.9 Å². The van der Waals surface area contributed by atoms with E-state index in [0.29, 0.717) is 11.3 Å². The number of aryl methyl sites for hydroxylation is 1. The molecule has 3 rings (SSSR count). The Morgan fingerprint density at radius 3 is 2.57 bits per heavy atom. The monoisotopic (exact) mass is 403 g/mol. The predicted octanol–water partition coefficient (Wildman–Crippen LogP) is 2.37. The Hall–Kier alpha value is -2.88. The number of rotatable bonds is 6. The molecule has 2 aromatic carbocycles. The summed E-state index contributed by atoms with van der Waals surface area (Å²) in [6, 6.07) is 13.0. The molecule has 0 aliphatic rings. The molecule has 3 aromatic rings. The Kier molecular flexibility index (Phi) is 5.68. The van der Waals surface area contributed by atoms with Crippen molar-refractivity contribution in [2.75, 3.05) is 19.0 Å². The third-order valence-corrected chi connectivity index (χ3v) is 5.80. The van der Waals surface area contributed by atoms with Gasteiger partial charge in [0.25, 0.3) is 0 Å². The maximum atomic E-state index is 12.4. The van der Waals surface area contributed by atoms with E-state index in [1.165, 1.54) is 31.4 Å². The predicted molar refractivity (Wildman–Crippen MR) is 106 cm³/mol. The number of aromatic nitrogens is 1. The van der Waals surface area contributed by atoms with Crippen LogP contribution in [-0.2, 0) is 21.8 Å². The van der Waals surface area contributed by atoms with E-state index in [4.69, 9.17) is 0 Å². The van der Waals surface area contributed by atoms with Crippen LogP contribution in [0.15, 0.2) is 59.6 Å². The van der Waals surface area contributed by atoms with Crippen molar-refractivity contribution >= 4 is 32.7 Å². The summed E-state index contributed by atoms with van der Waals surface area (Å²) >= 11 is 0. The maximum absolute atomic E-state index is 12.4. The topological polar surface area (TPSA) is 110 Å². The van der Waals surface area contributed by atoms with Crippen molar-refractivity contribution in [1.82, 2.24) is 9.29 Å². The van der Waals surface area contributed by atoms with Crippen LogP contribution in [-0.4, -0.2) is 37.8 Å². The van der Waals surface area contributed by atoms with Crippen LogP contribution in [0.25, 0.3) is 10.9 Å². The molecule has 28 heavy (non-hydrogen) atoms. The maximum Gasteiger partial charge on any atom is 0.411 e. The average Bonchev–Trinajstić information content (AvgIpc) is 3.06. The number of hydrogen-bond donors (Lipinski definition) is 3. The van der Waals surface area contributed by atoms with Gasteiger partial charge in [0.05, 0.1) is 18.1 Å². The summed E-state index contributed by atoms with van der Waals surface area (Å²) in [6.07, 6.45) is 0.286. The van der Waals surface area contributed by atoms with Gasteiger partial charge in [-0.3, -0.25) is 5.32 Å². The third kappa shape index (κ3) is 4.33. The van der Waals surface area contributed by atoms with E-state index in [0.717, 1.165) is 10.9 Å². The van der Waals surface area contributed by atoms with Crippen molar-refractivity contribution in [3.05, 3.63) is 60.3 Å². The van der Waals surface area contributed by atoms with Gasteiger partial charge in [-0.2, -0.15) is 0 Å². The lowest BCUT2D eigenvalue weighted by Gasteiger charge is -2.13. The summed E-state index contributed by atoms with van der Waals surface area (Å²) in [5, 5.41) is 13.8. The summed E-state index contributed by atoms with van der Waals surface area (Å²) in [5.74, 6) is 0. The van der Waals surface area contributed by atoms with Crippen molar-refractivity contribution < 1.29 is 23.1 Å². The SMILES string of the molecule is COC(=O)Nc1ccc(S(=O)(=O)NCC(O)c2ccc3c(ccn3C)c2)cc1. The number of nitrogens with zero attached hydrogens (tertiary/aromatic N) is 1. The molecule has 0 radical (unpaired) electrons. The summed E-state index contributed by atoms with van der Waals surface area (Å²) in [7, 11) is -0.646. The fraction of sp³-hybridized carbons (Fsp3) is 0.211. The van der Waals surface area contributed by atoms with Crippen LogP contribution in [0.4, 0.5) is 10.5 Å². The van der Waals surface area contributed by atoms with Gasteiger partial charge < -0.3 is 14.4 Å². The van der Waals surface area contributed by atoms with Crippen molar-refractivity contribution in [3.63, 3.8) is 0 Å². The number of amides is 1. The van der Waals surface area contributed by atoms with Crippen molar-refractivity contribution in [2.45, 2.75) is 11.0 Å². The van der Waals surface area contributed by atoms with E-state index in [1.807, 2.05) is 36.0 Å². The molecule has 0 saturated heterocycles. The number of nitrogens with one attached hydrogen (secondary N) is 2. The smallest absolute Gasteiger partial charge is 0.411 e. The highest BCUT2D eigenvalue weighted by atomic mass is 32.2. The van der Waals surface area contributed by atoms with Gasteiger partial charge in [0, 0.05) is 31.0 Å². The number of carbonyl (C=O) groups excluding carboxylic acids is 1. The van der Waals surface area contributed by atoms with Gasteiger partial charge in [0.1, 0.15) is 0 Å². The van der Waals surface area contributed by atoms with Gasteiger partial charge in [-0.05, 0) is 53.4 Å². The van der Waals surface area contributed by atoms with E-state index >= 15 is 0 Å². The van der Waals surface area contributed by atoms with Gasteiger partial charge in [0.15, 0.2) is 0 Å². The van der Waals surface area contributed by atoms with E-state index in [9.17, 15) is 18.3 Å². The lowest BCUT2D eigenvalue weighted by Crippen LogP contribution is -2.28. The van der Waals surface area contributed by atoms with Crippen LogP contribution >= 0.6 is 0 Å². The van der Waals surface area contributed by atoms with E-state index < -0.39 is 22.2 Å². The number of anilines is 1.